The van der Waals surface area contributed by atoms with Gasteiger partial charge in [0.2, 0.25) is 11.7 Å². The summed E-state index contributed by atoms with van der Waals surface area (Å²) in [5.41, 5.74) is 0.747. The number of ketones is 1. The van der Waals surface area contributed by atoms with Gasteiger partial charge in [-0.1, -0.05) is 19.0 Å². The Balaban J connectivity index is 2.02. The van der Waals surface area contributed by atoms with Crippen molar-refractivity contribution in [1.29, 1.82) is 0 Å². The molecule has 2 heterocycles. The van der Waals surface area contributed by atoms with Crippen LogP contribution in [-0.4, -0.2) is 15.9 Å². The summed E-state index contributed by atoms with van der Waals surface area (Å²) >= 11 is 0. The second kappa shape index (κ2) is 4.95. The first kappa shape index (κ1) is 11.6. The zero-order valence-electron chi connectivity index (χ0n) is 9.84. The molecule has 0 radical (unpaired) electrons. The maximum Gasteiger partial charge on any atom is 0.234 e. The zero-order chi connectivity index (χ0) is 12.3. The fourth-order valence-electron chi connectivity index (χ4n) is 1.53. The predicted molar refractivity (Wildman–Crippen MR) is 60.2 cm³/mol. The van der Waals surface area contributed by atoms with Crippen LogP contribution in [0.25, 0.3) is 11.4 Å². The fraction of sp³-hybridized carbons (Fsp3) is 0.417. The van der Waals surface area contributed by atoms with Crippen molar-refractivity contribution in [3.63, 3.8) is 0 Å². The zero-order valence-corrected chi connectivity index (χ0v) is 9.84. The molecule has 90 valence electrons. The molecule has 2 aromatic heterocycles. The second-order valence-corrected chi connectivity index (χ2v) is 4.34. The first-order valence-corrected chi connectivity index (χ1v) is 5.52. The molecule has 0 atom stereocenters. The molecular formula is C12H14N2O3. The topological polar surface area (TPSA) is 69.1 Å². The maximum atomic E-state index is 11.6. The summed E-state index contributed by atoms with van der Waals surface area (Å²) in [6, 6.07) is 1.74. The minimum Gasteiger partial charge on any atom is -0.472 e. The standard InChI is InChI=1S/C12H14N2O3/c1-8(2)5-10(15)6-11-13-12(14-17-11)9-3-4-16-7-9/h3-4,7-8H,5-6H2,1-2H3. The molecule has 0 spiro atoms. The first-order chi connectivity index (χ1) is 8.15. The molecule has 0 aliphatic carbocycles. The molecule has 0 amide bonds. The van der Waals surface area contributed by atoms with Crippen LogP contribution in [0.1, 0.15) is 26.2 Å². The molecule has 17 heavy (non-hydrogen) atoms. The third-order valence-corrected chi connectivity index (χ3v) is 2.23. The lowest BCUT2D eigenvalue weighted by atomic mass is 10.1. The van der Waals surface area contributed by atoms with E-state index in [2.05, 4.69) is 10.1 Å². The van der Waals surface area contributed by atoms with E-state index in [1.54, 1.807) is 6.07 Å². The molecule has 0 N–H and O–H groups in total. The highest BCUT2D eigenvalue weighted by molar-refractivity contribution is 5.80. The molecular weight excluding hydrogens is 220 g/mol. The number of hydrogen-bond acceptors (Lipinski definition) is 5. The molecule has 5 nitrogen and oxygen atoms in total. The highest BCUT2D eigenvalue weighted by Crippen LogP contribution is 2.16. The molecule has 0 aliphatic heterocycles. The van der Waals surface area contributed by atoms with Crippen molar-refractivity contribution in [3.05, 3.63) is 24.5 Å². The Morgan fingerprint density at radius 2 is 2.29 bits per heavy atom. The summed E-state index contributed by atoms with van der Waals surface area (Å²) in [4.78, 5) is 15.7. The van der Waals surface area contributed by atoms with Crippen LogP contribution in [0.4, 0.5) is 0 Å². The highest BCUT2D eigenvalue weighted by Gasteiger charge is 2.13. The lowest BCUT2D eigenvalue weighted by Crippen LogP contribution is -2.06. The number of Topliss-reactive ketones (excluding diaryl/α,β-unsaturated/α-hetero) is 1. The van der Waals surface area contributed by atoms with E-state index in [-0.39, 0.29) is 12.2 Å². The van der Waals surface area contributed by atoms with Gasteiger partial charge in [0.15, 0.2) is 0 Å². The average molecular weight is 234 g/mol. The van der Waals surface area contributed by atoms with E-state index in [0.29, 0.717) is 24.1 Å². The fourth-order valence-corrected chi connectivity index (χ4v) is 1.53. The van der Waals surface area contributed by atoms with Gasteiger partial charge < -0.3 is 8.94 Å². The van der Waals surface area contributed by atoms with Crippen LogP contribution in [-0.2, 0) is 11.2 Å². The maximum absolute atomic E-state index is 11.6. The third-order valence-electron chi connectivity index (χ3n) is 2.23. The average Bonchev–Trinajstić information content (AvgIpc) is 2.84. The van der Waals surface area contributed by atoms with Crippen molar-refractivity contribution >= 4 is 5.78 Å². The quantitative estimate of drug-likeness (QED) is 0.794. The normalized spacial score (nSPS) is 11.0. The lowest BCUT2D eigenvalue weighted by molar-refractivity contribution is -0.119. The first-order valence-electron chi connectivity index (χ1n) is 5.52. The van der Waals surface area contributed by atoms with E-state index >= 15 is 0 Å². The number of carbonyl (C=O) groups excluding carboxylic acids is 1. The van der Waals surface area contributed by atoms with Crippen LogP contribution in [0.5, 0.6) is 0 Å². The molecule has 0 unspecified atom stereocenters. The van der Waals surface area contributed by atoms with Gasteiger partial charge in [-0.15, -0.1) is 0 Å². The lowest BCUT2D eigenvalue weighted by Gasteiger charge is -1.99. The summed E-state index contributed by atoms with van der Waals surface area (Å²) in [6.07, 6.45) is 3.80. The Kier molecular flexibility index (Phi) is 3.37. The number of rotatable bonds is 5. The number of furan rings is 1. The Morgan fingerprint density at radius 3 is 2.94 bits per heavy atom. The Hall–Kier alpha value is -1.91. The van der Waals surface area contributed by atoms with Crippen molar-refractivity contribution < 1.29 is 13.7 Å². The summed E-state index contributed by atoms with van der Waals surface area (Å²) in [5.74, 6) is 1.26. The minimum atomic E-state index is 0.113. The van der Waals surface area contributed by atoms with E-state index in [1.165, 1.54) is 12.5 Å². The monoisotopic (exact) mass is 234 g/mol. The molecule has 2 rings (SSSR count). The highest BCUT2D eigenvalue weighted by atomic mass is 16.5. The van der Waals surface area contributed by atoms with Gasteiger partial charge in [-0.2, -0.15) is 4.98 Å². The summed E-state index contributed by atoms with van der Waals surface area (Å²) in [6.45, 7) is 4.01. The van der Waals surface area contributed by atoms with Gasteiger partial charge in [0.25, 0.3) is 0 Å². The molecule has 0 aliphatic rings. The van der Waals surface area contributed by atoms with E-state index < -0.39 is 0 Å². The SMILES string of the molecule is CC(C)CC(=O)Cc1nc(-c2ccoc2)no1. The van der Waals surface area contributed by atoms with Gasteiger partial charge in [-0.3, -0.25) is 4.79 Å². The summed E-state index contributed by atoms with van der Waals surface area (Å²) in [7, 11) is 0. The summed E-state index contributed by atoms with van der Waals surface area (Å²) in [5, 5.41) is 3.79. The predicted octanol–water partition coefficient (Wildman–Crippen LogP) is 2.49. The van der Waals surface area contributed by atoms with Crippen molar-refractivity contribution in [2.24, 2.45) is 5.92 Å². The Labute approximate surface area is 98.8 Å². The second-order valence-electron chi connectivity index (χ2n) is 4.34. The molecule has 2 aromatic rings. The van der Waals surface area contributed by atoms with Crippen molar-refractivity contribution in [2.75, 3.05) is 0 Å². The minimum absolute atomic E-state index is 0.113. The molecule has 0 bridgehead atoms. The summed E-state index contributed by atoms with van der Waals surface area (Å²) < 4.78 is 9.94. The number of carbonyl (C=O) groups is 1. The van der Waals surface area contributed by atoms with Crippen LogP contribution >= 0.6 is 0 Å². The van der Waals surface area contributed by atoms with Gasteiger partial charge in [-0.25, -0.2) is 0 Å². The molecule has 5 heteroatoms. The smallest absolute Gasteiger partial charge is 0.234 e. The van der Waals surface area contributed by atoms with Crippen LogP contribution in [0.3, 0.4) is 0 Å². The van der Waals surface area contributed by atoms with Gasteiger partial charge in [0.05, 0.1) is 18.2 Å². The van der Waals surface area contributed by atoms with E-state index in [4.69, 9.17) is 8.94 Å². The number of nitrogens with zero attached hydrogens (tertiary/aromatic N) is 2. The van der Waals surface area contributed by atoms with E-state index in [1.807, 2.05) is 13.8 Å². The van der Waals surface area contributed by atoms with Gasteiger partial charge in [0, 0.05) is 6.42 Å². The van der Waals surface area contributed by atoms with Crippen LogP contribution in [0, 0.1) is 5.92 Å². The van der Waals surface area contributed by atoms with Crippen LogP contribution in [0.2, 0.25) is 0 Å². The van der Waals surface area contributed by atoms with Crippen molar-refractivity contribution in [2.45, 2.75) is 26.7 Å². The Bertz CT molecular complexity index is 486. The largest absolute Gasteiger partial charge is 0.472 e. The van der Waals surface area contributed by atoms with Gasteiger partial charge in [-0.05, 0) is 12.0 Å². The molecule has 0 aromatic carbocycles. The van der Waals surface area contributed by atoms with Crippen LogP contribution < -0.4 is 0 Å². The van der Waals surface area contributed by atoms with Crippen molar-refractivity contribution in [3.8, 4) is 11.4 Å². The van der Waals surface area contributed by atoms with Crippen molar-refractivity contribution in [1.82, 2.24) is 10.1 Å². The van der Waals surface area contributed by atoms with E-state index in [0.717, 1.165) is 5.56 Å². The van der Waals surface area contributed by atoms with Gasteiger partial charge in [0.1, 0.15) is 12.0 Å². The Morgan fingerprint density at radius 1 is 1.47 bits per heavy atom. The molecule has 0 fully saturated rings. The molecule has 0 saturated heterocycles. The van der Waals surface area contributed by atoms with Gasteiger partial charge >= 0.3 is 0 Å². The third kappa shape index (κ3) is 3.03. The number of hydrogen-bond donors (Lipinski definition) is 0. The number of aromatic nitrogens is 2. The van der Waals surface area contributed by atoms with E-state index in [9.17, 15) is 4.79 Å². The molecule has 0 saturated carbocycles. The van der Waals surface area contributed by atoms with Crippen LogP contribution in [0.15, 0.2) is 27.5 Å².